The third-order valence-electron chi connectivity index (χ3n) is 5.38. The molecule has 2 aromatic rings. The Bertz CT molecular complexity index is 771. The fraction of sp³-hybridized carbons (Fsp3) is 0.524. The fourth-order valence-corrected chi connectivity index (χ4v) is 4.54. The summed E-state index contributed by atoms with van der Waals surface area (Å²) in [6, 6.07) is 6.22. The van der Waals surface area contributed by atoms with Gasteiger partial charge in [0.15, 0.2) is 0 Å². The van der Waals surface area contributed by atoms with E-state index in [9.17, 15) is 9.18 Å². The van der Waals surface area contributed by atoms with Crippen molar-refractivity contribution in [1.82, 2.24) is 4.98 Å². The molecule has 2 unspecified atom stereocenters. The number of thiazole rings is 1. The Morgan fingerprint density at radius 2 is 2.00 bits per heavy atom. The Hall–Kier alpha value is -1.79. The van der Waals surface area contributed by atoms with Crippen molar-refractivity contribution in [1.29, 1.82) is 0 Å². The number of nitrogens with two attached hydrogens (primary N) is 1. The highest BCUT2D eigenvalue weighted by Gasteiger charge is 2.37. The van der Waals surface area contributed by atoms with Gasteiger partial charge in [-0.15, -0.1) is 11.3 Å². The summed E-state index contributed by atoms with van der Waals surface area (Å²) in [5.41, 5.74) is 6.41. The van der Waals surface area contributed by atoms with E-state index in [1.54, 1.807) is 12.1 Å². The van der Waals surface area contributed by atoms with Gasteiger partial charge in [0.25, 0.3) is 0 Å². The molecule has 1 aliphatic carbocycles. The lowest BCUT2D eigenvalue weighted by Gasteiger charge is -2.33. The summed E-state index contributed by atoms with van der Waals surface area (Å²) in [6.07, 6.45) is 5.08. The molecule has 146 valence electrons. The van der Waals surface area contributed by atoms with Gasteiger partial charge in [0.2, 0.25) is 0 Å². The van der Waals surface area contributed by atoms with Gasteiger partial charge in [-0.3, -0.25) is 4.79 Å². The number of nitrogens with zero attached hydrogens (tertiary/aromatic N) is 1. The minimum atomic E-state index is -0.834. The van der Waals surface area contributed by atoms with Gasteiger partial charge in [0, 0.05) is 10.9 Å². The van der Waals surface area contributed by atoms with Crippen molar-refractivity contribution in [2.75, 3.05) is 6.54 Å². The monoisotopic (exact) mass is 390 g/mol. The number of hydrogen-bond acceptors (Lipinski definition) is 5. The minimum Gasteiger partial charge on any atom is -0.461 e. The molecular weight excluding hydrogens is 363 g/mol. The quantitative estimate of drug-likeness (QED) is 0.728. The summed E-state index contributed by atoms with van der Waals surface area (Å²) in [6.45, 7) is 4.31. The summed E-state index contributed by atoms with van der Waals surface area (Å²) < 4.78 is 19.1. The molecule has 1 saturated carbocycles. The molecule has 1 aromatic heterocycles. The average molecular weight is 391 g/mol. The number of aromatic nitrogens is 1. The zero-order valence-corrected chi connectivity index (χ0v) is 16.7. The molecule has 1 aliphatic rings. The third-order valence-corrected chi connectivity index (χ3v) is 6.27. The predicted molar refractivity (Wildman–Crippen MR) is 106 cm³/mol. The highest BCUT2D eigenvalue weighted by atomic mass is 32.1. The van der Waals surface area contributed by atoms with E-state index in [1.165, 1.54) is 29.9 Å². The molecule has 2 atom stereocenters. The van der Waals surface area contributed by atoms with Crippen LogP contribution in [0.4, 0.5) is 4.39 Å². The van der Waals surface area contributed by atoms with E-state index in [1.807, 2.05) is 19.2 Å². The normalized spacial score (nSPS) is 20.4. The summed E-state index contributed by atoms with van der Waals surface area (Å²) in [5, 5.41) is 2.66. The topological polar surface area (TPSA) is 65.2 Å². The average Bonchev–Trinajstić information content (AvgIpc) is 3.15. The molecule has 27 heavy (non-hydrogen) atoms. The molecule has 1 heterocycles. The van der Waals surface area contributed by atoms with Crippen LogP contribution in [0.5, 0.6) is 0 Å². The van der Waals surface area contributed by atoms with Gasteiger partial charge >= 0.3 is 5.97 Å². The number of benzene rings is 1. The highest BCUT2D eigenvalue weighted by molar-refractivity contribution is 7.13. The number of hydrogen-bond donors (Lipinski definition) is 1. The number of carbonyl (C=O) groups excluding carboxylic acids is 1. The number of rotatable bonds is 6. The van der Waals surface area contributed by atoms with Crippen LogP contribution < -0.4 is 5.73 Å². The van der Waals surface area contributed by atoms with Crippen molar-refractivity contribution in [3.05, 3.63) is 41.2 Å². The molecule has 4 nitrogen and oxygen atoms in total. The predicted octanol–water partition coefficient (Wildman–Crippen LogP) is 4.68. The second-order valence-electron chi connectivity index (χ2n) is 7.74. The summed E-state index contributed by atoms with van der Waals surface area (Å²) >= 11 is 1.45. The van der Waals surface area contributed by atoms with Crippen molar-refractivity contribution < 1.29 is 13.9 Å². The van der Waals surface area contributed by atoms with Crippen molar-refractivity contribution in [3.8, 4) is 10.6 Å². The molecule has 0 amide bonds. The van der Waals surface area contributed by atoms with E-state index in [2.05, 4.69) is 4.98 Å². The lowest BCUT2D eigenvalue weighted by Crippen LogP contribution is -2.38. The lowest BCUT2D eigenvalue weighted by molar-refractivity contribution is -0.159. The molecule has 6 heteroatoms. The second-order valence-corrected chi connectivity index (χ2v) is 8.59. The van der Waals surface area contributed by atoms with E-state index >= 15 is 0 Å². The number of esters is 1. The maximum Gasteiger partial charge on any atom is 0.317 e. The van der Waals surface area contributed by atoms with Gasteiger partial charge in [0.1, 0.15) is 22.3 Å². The van der Waals surface area contributed by atoms with Crippen molar-refractivity contribution in [3.63, 3.8) is 0 Å². The molecule has 0 bridgehead atoms. The van der Waals surface area contributed by atoms with Crippen LogP contribution in [0.15, 0.2) is 29.6 Å². The molecule has 0 radical (unpaired) electrons. The zero-order valence-electron chi connectivity index (χ0n) is 15.9. The molecule has 0 spiro atoms. The number of carbonyl (C=O) groups is 1. The standard InChI is InChI=1S/C21H27FN2O2S/c1-21(2,20(25)26-17-6-4-3-5-14(17)11-12-23)18-13-27-19(24-18)15-7-9-16(22)10-8-15/h7-10,13-14,17H,3-6,11-12,23H2,1-2H3. The summed E-state index contributed by atoms with van der Waals surface area (Å²) in [7, 11) is 0. The van der Waals surface area contributed by atoms with Crippen LogP contribution in [-0.2, 0) is 14.9 Å². The van der Waals surface area contributed by atoms with Crippen LogP contribution in [0.3, 0.4) is 0 Å². The Morgan fingerprint density at radius 3 is 2.70 bits per heavy atom. The van der Waals surface area contributed by atoms with Crippen molar-refractivity contribution >= 4 is 17.3 Å². The van der Waals surface area contributed by atoms with E-state index in [-0.39, 0.29) is 17.9 Å². The van der Waals surface area contributed by atoms with Crippen LogP contribution in [0.25, 0.3) is 10.6 Å². The van der Waals surface area contributed by atoms with Crippen LogP contribution in [0.1, 0.15) is 51.6 Å². The van der Waals surface area contributed by atoms with Crippen molar-refractivity contribution in [2.24, 2.45) is 11.7 Å². The second kappa shape index (κ2) is 8.48. The maximum absolute atomic E-state index is 13.1. The van der Waals surface area contributed by atoms with Crippen LogP contribution >= 0.6 is 11.3 Å². The van der Waals surface area contributed by atoms with Gasteiger partial charge < -0.3 is 10.5 Å². The van der Waals surface area contributed by atoms with Gasteiger partial charge in [-0.1, -0.05) is 6.42 Å². The van der Waals surface area contributed by atoms with Gasteiger partial charge in [0.05, 0.1) is 5.69 Å². The van der Waals surface area contributed by atoms with E-state index in [0.717, 1.165) is 36.3 Å². The number of ether oxygens (including phenoxy) is 1. The molecule has 0 aliphatic heterocycles. The Balaban J connectivity index is 1.73. The van der Waals surface area contributed by atoms with Gasteiger partial charge in [-0.25, -0.2) is 9.37 Å². The minimum absolute atomic E-state index is 0.0516. The zero-order chi connectivity index (χ0) is 19.4. The number of halogens is 1. The Morgan fingerprint density at radius 1 is 1.30 bits per heavy atom. The van der Waals surface area contributed by atoms with Crippen LogP contribution in [0, 0.1) is 11.7 Å². The SMILES string of the molecule is CC(C)(C(=O)OC1CCCCC1CCN)c1csc(-c2ccc(F)cc2)n1. The van der Waals surface area contributed by atoms with Gasteiger partial charge in [-0.2, -0.15) is 0 Å². The van der Waals surface area contributed by atoms with Crippen molar-refractivity contribution in [2.45, 2.75) is 57.5 Å². The van der Waals surface area contributed by atoms with Crippen LogP contribution in [0.2, 0.25) is 0 Å². The lowest BCUT2D eigenvalue weighted by atomic mass is 9.83. The first-order valence-electron chi connectivity index (χ1n) is 9.55. The molecule has 2 N–H and O–H groups in total. The smallest absolute Gasteiger partial charge is 0.317 e. The summed E-state index contributed by atoms with van der Waals surface area (Å²) in [5.74, 6) is -0.167. The van der Waals surface area contributed by atoms with E-state index < -0.39 is 5.41 Å². The molecule has 1 aromatic carbocycles. The summed E-state index contributed by atoms with van der Waals surface area (Å²) in [4.78, 5) is 17.6. The van der Waals surface area contributed by atoms with Crippen LogP contribution in [-0.4, -0.2) is 23.6 Å². The fourth-order valence-electron chi connectivity index (χ4n) is 3.55. The first kappa shape index (κ1) is 20.0. The Kier molecular flexibility index (Phi) is 6.27. The van der Waals surface area contributed by atoms with E-state index in [4.69, 9.17) is 10.5 Å². The molecular formula is C21H27FN2O2S. The molecule has 0 saturated heterocycles. The molecule has 3 rings (SSSR count). The largest absolute Gasteiger partial charge is 0.461 e. The first-order chi connectivity index (χ1) is 12.9. The molecule has 1 fully saturated rings. The first-order valence-corrected chi connectivity index (χ1v) is 10.4. The maximum atomic E-state index is 13.1. The van der Waals surface area contributed by atoms with E-state index in [0.29, 0.717) is 18.2 Å². The third kappa shape index (κ3) is 4.55. The van der Waals surface area contributed by atoms with Gasteiger partial charge in [-0.05, 0) is 76.3 Å². The Labute approximate surface area is 164 Å². The highest BCUT2D eigenvalue weighted by Crippen LogP contribution is 2.34.